The predicted molar refractivity (Wildman–Crippen MR) is 59.7 cm³/mol. The van der Waals surface area contributed by atoms with Crippen molar-refractivity contribution in [1.82, 2.24) is 4.98 Å². The summed E-state index contributed by atoms with van der Waals surface area (Å²) in [6, 6.07) is 2.45. The van der Waals surface area contributed by atoms with E-state index in [0.29, 0.717) is 11.6 Å². The molecule has 94 valence electrons. The Hall–Kier alpha value is -1.26. The van der Waals surface area contributed by atoms with E-state index in [1.54, 1.807) is 0 Å². The lowest BCUT2D eigenvalue weighted by Crippen LogP contribution is -2.12. The van der Waals surface area contributed by atoms with Gasteiger partial charge in [0.1, 0.15) is 5.69 Å². The molecule has 1 aliphatic carbocycles. The van der Waals surface area contributed by atoms with E-state index in [1.165, 1.54) is 37.9 Å². The summed E-state index contributed by atoms with van der Waals surface area (Å²) in [4.78, 5) is 3.41. The first-order chi connectivity index (χ1) is 8.05. The normalized spacial score (nSPS) is 17.4. The third kappa shape index (κ3) is 3.35. The van der Waals surface area contributed by atoms with Gasteiger partial charge in [0.05, 0.1) is 11.9 Å². The van der Waals surface area contributed by atoms with Crippen molar-refractivity contribution in [3.05, 3.63) is 24.0 Å². The van der Waals surface area contributed by atoms with Gasteiger partial charge in [-0.05, 0) is 30.9 Å². The van der Waals surface area contributed by atoms with Crippen LogP contribution in [0.2, 0.25) is 0 Å². The Morgan fingerprint density at radius 3 is 2.47 bits per heavy atom. The quantitative estimate of drug-likeness (QED) is 0.876. The van der Waals surface area contributed by atoms with Crippen LogP contribution in [-0.2, 0) is 6.18 Å². The summed E-state index contributed by atoms with van der Waals surface area (Å²) in [5.41, 5.74) is -0.186. The molecule has 0 aliphatic heterocycles. The number of rotatable bonds is 3. The fourth-order valence-electron chi connectivity index (χ4n) is 2.14. The van der Waals surface area contributed by atoms with Gasteiger partial charge in [-0.1, -0.05) is 12.8 Å². The molecule has 1 aliphatic rings. The van der Waals surface area contributed by atoms with Crippen molar-refractivity contribution in [3.63, 3.8) is 0 Å². The van der Waals surface area contributed by atoms with Gasteiger partial charge >= 0.3 is 6.18 Å². The van der Waals surface area contributed by atoms with Crippen molar-refractivity contribution < 1.29 is 13.2 Å². The van der Waals surface area contributed by atoms with Gasteiger partial charge in [0, 0.05) is 6.54 Å². The van der Waals surface area contributed by atoms with E-state index in [0.717, 1.165) is 12.6 Å². The SMILES string of the molecule is FC(F)(F)c1ccc(NCC2CCCC2)cn1. The molecule has 1 heterocycles. The molecular weight excluding hydrogens is 229 g/mol. The minimum Gasteiger partial charge on any atom is -0.384 e. The van der Waals surface area contributed by atoms with Gasteiger partial charge in [-0.3, -0.25) is 0 Å². The zero-order valence-corrected chi connectivity index (χ0v) is 9.43. The molecular formula is C12H15F3N2. The molecule has 1 saturated carbocycles. The molecule has 1 N–H and O–H groups in total. The van der Waals surface area contributed by atoms with E-state index in [1.807, 2.05) is 0 Å². The Balaban J connectivity index is 1.89. The van der Waals surface area contributed by atoms with Gasteiger partial charge in [-0.15, -0.1) is 0 Å². The fraction of sp³-hybridized carbons (Fsp3) is 0.583. The number of anilines is 1. The summed E-state index contributed by atoms with van der Waals surface area (Å²) >= 11 is 0. The van der Waals surface area contributed by atoms with Crippen LogP contribution in [0, 0.1) is 5.92 Å². The van der Waals surface area contributed by atoms with Crippen LogP contribution in [0.4, 0.5) is 18.9 Å². The van der Waals surface area contributed by atoms with Gasteiger partial charge in [-0.2, -0.15) is 13.2 Å². The second kappa shape index (κ2) is 4.94. The lowest BCUT2D eigenvalue weighted by molar-refractivity contribution is -0.141. The predicted octanol–water partition coefficient (Wildman–Crippen LogP) is 3.70. The third-order valence-corrected chi connectivity index (χ3v) is 3.12. The van der Waals surface area contributed by atoms with Gasteiger partial charge in [0.2, 0.25) is 0 Å². The van der Waals surface area contributed by atoms with Crippen molar-refractivity contribution in [2.24, 2.45) is 5.92 Å². The molecule has 0 radical (unpaired) electrons. The van der Waals surface area contributed by atoms with Crippen molar-refractivity contribution in [2.75, 3.05) is 11.9 Å². The van der Waals surface area contributed by atoms with Crippen LogP contribution < -0.4 is 5.32 Å². The summed E-state index contributed by atoms with van der Waals surface area (Å²) in [6.45, 7) is 0.826. The highest BCUT2D eigenvalue weighted by atomic mass is 19.4. The van der Waals surface area contributed by atoms with Gasteiger partial charge in [0.25, 0.3) is 0 Å². The molecule has 17 heavy (non-hydrogen) atoms. The molecule has 1 aromatic heterocycles. The Kier molecular flexibility index (Phi) is 3.54. The van der Waals surface area contributed by atoms with Gasteiger partial charge in [0.15, 0.2) is 0 Å². The average Bonchev–Trinajstić information content (AvgIpc) is 2.78. The van der Waals surface area contributed by atoms with E-state index >= 15 is 0 Å². The molecule has 0 amide bonds. The Morgan fingerprint density at radius 1 is 1.24 bits per heavy atom. The molecule has 0 aromatic carbocycles. The standard InChI is InChI=1S/C12H15F3N2/c13-12(14,15)11-6-5-10(8-17-11)16-7-9-3-1-2-4-9/h5-6,8-9,16H,1-4,7H2. The van der Waals surface area contributed by atoms with E-state index in [4.69, 9.17) is 0 Å². The summed E-state index contributed by atoms with van der Waals surface area (Å²) in [5.74, 6) is 0.650. The van der Waals surface area contributed by atoms with E-state index in [-0.39, 0.29) is 0 Å². The Morgan fingerprint density at radius 2 is 1.94 bits per heavy atom. The van der Waals surface area contributed by atoms with Crippen LogP contribution in [0.3, 0.4) is 0 Å². The number of aromatic nitrogens is 1. The Bertz CT molecular complexity index is 353. The van der Waals surface area contributed by atoms with Crippen molar-refractivity contribution in [1.29, 1.82) is 0 Å². The summed E-state index contributed by atoms with van der Waals surface area (Å²) in [6.07, 6.45) is 1.83. The maximum atomic E-state index is 12.3. The van der Waals surface area contributed by atoms with Crippen LogP contribution in [0.25, 0.3) is 0 Å². The zero-order chi connectivity index (χ0) is 12.3. The van der Waals surface area contributed by atoms with Gasteiger partial charge in [-0.25, -0.2) is 4.98 Å². The largest absolute Gasteiger partial charge is 0.433 e. The topological polar surface area (TPSA) is 24.9 Å². The molecule has 0 unspecified atom stereocenters. The second-order valence-electron chi connectivity index (χ2n) is 4.46. The summed E-state index contributed by atoms with van der Waals surface area (Å²) in [7, 11) is 0. The molecule has 0 spiro atoms. The fourth-order valence-corrected chi connectivity index (χ4v) is 2.14. The van der Waals surface area contributed by atoms with E-state index in [2.05, 4.69) is 10.3 Å². The van der Waals surface area contributed by atoms with Crippen molar-refractivity contribution >= 4 is 5.69 Å². The highest BCUT2D eigenvalue weighted by molar-refractivity contribution is 5.41. The molecule has 2 nitrogen and oxygen atoms in total. The maximum Gasteiger partial charge on any atom is 0.433 e. The minimum atomic E-state index is -4.36. The smallest absolute Gasteiger partial charge is 0.384 e. The van der Waals surface area contributed by atoms with E-state index < -0.39 is 11.9 Å². The number of alkyl halides is 3. The third-order valence-electron chi connectivity index (χ3n) is 3.12. The first-order valence-corrected chi connectivity index (χ1v) is 5.83. The molecule has 0 atom stereocenters. The lowest BCUT2D eigenvalue weighted by Gasteiger charge is -2.12. The molecule has 2 rings (SSSR count). The van der Waals surface area contributed by atoms with Crippen LogP contribution in [0.1, 0.15) is 31.4 Å². The number of nitrogens with zero attached hydrogens (tertiary/aromatic N) is 1. The van der Waals surface area contributed by atoms with Crippen molar-refractivity contribution in [2.45, 2.75) is 31.9 Å². The first kappa shape index (κ1) is 12.2. The number of halogens is 3. The van der Waals surface area contributed by atoms with Crippen LogP contribution >= 0.6 is 0 Å². The van der Waals surface area contributed by atoms with Crippen LogP contribution in [0.15, 0.2) is 18.3 Å². The number of hydrogen-bond donors (Lipinski definition) is 1. The minimum absolute atomic E-state index is 0.650. The van der Waals surface area contributed by atoms with Crippen LogP contribution in [-0.4, -0.2) is 11.5 Å². The average molecular weight is 244 g/mol. The monoisotopic (exact) mass is 244 g/mol. The molecule has 5 heteroatoms. The van der Waals surface area contributed by atoms with E-state index in [9.17, 15) is 13.2 Å². The zero-order valence-electron chi connectivity index (χ0n) is 9.43. The highest BCUT2D eigenvalue weighted by Crippen LogP contribution is 2.28. The summed E-state index contributed by atoms with van der Waals surface area (Å²) in [5, 5.41) is 3.14. The molecule has 1 aromatic rings. The molecule has 0 bridgehead atoms. The summed E-state index contributed by atoms with van der Waals surface area (Å²) < 4.78 is 36.8. The second-order valence-corrected chi connectivity index (χ2v) is 4.46. The van der Waals surface area contributed by atoms with Crippen molar-refractivity contribution in [3.8, 4) is 0 Å². The molecule has 1 fully saturated rings. The van der Waals surface area contributed by atoms with Gasteiger partial charge < -0.3 is 5.32 Å². The lowest BCUT2D eigenvalue weighted by atomic mass is 10.1. The number of hydrogen-bond acceptors (Lipinski definition) is 2. The first-order valence-electron chi connectivity index (χ1n) is 5.83. The van der Waals surface area contributed by atoms with Crippen LogP contribution in [0.5, 0.6) is 0 Å². The highest BCUT2D eigenvalue weighted by Gasteiger charge is 2.32. The number of nitrogens with one attached hydrogen (secondary N) is 1. The number of pyridine rings is 1. The molecule has 0 saturated heterocycles. The Labute approximate surface area is 98.2 Å². The maximum absolute atomic E-state index is 12.3.